The molecule has 4 heteroatoms. The van der Waals surface area contributed by atoms with Crippen LogP contribution in [0.4, 0.5) is 4.39 Å². The summed E-state index contributed by atoms with van der Waals surface area (Å²) in [5, 5.41) is 3.00. The Morgan fingerprint density at radius 1 is 1.46 bits per heavy atom. The van der Waals surface area contributed by atoms with E-state index >= 15 is 0 Å². The molecule has 68 valence electrons. The summed E-state index contributed by atoms with van der Waals surface area (Å²) < 4.78 is 14.8. The molecule has 1 aromatic carbocycles. The molecule has 1 heterocycles. The van der Waals surface area contributed by atoms with E-state index in [2.05, 4.69) is 15.9 Å². The molecule has 0 nitrogen and oxygen atoms in total. The molecule has 1 aromatic heterocycles. The third-order valence-corrected chi connectivity index (χ3v) is 4.35. The first-order chi connectivity index (χ1) is 6.24. The van der Waals surface area contributed by atoms with Gasteiger partial charge in [-0.3, -0.25) is 0 Å². The standard InChI is InChI=1S/C9H6BrFS2/c1-12-7-4-13-9-5(7)2-3-6(10)8(9)11/h2-4H,1H3. The molecule has 0 unspecified atom stereocenters. The average molecular weight is 277 g/mol. The molecule has 0 aliphatic rings. The van der Waals surface area contributed by atoms with E-state index < -0.39 is 0 Å². The van der Waals surface area contributed by atoms with Gasteiger partial charge >= 0.3 is 0 Å². The quantitative estimate of drug-likeness (QED) is 0.690. The highest BCUT2D eigenvalue weighted by Gasteiger charge is 2.09. The third-order valence-electron chi connectivity index (χ3n) is 1.82. The summed E-state index contributed by atoms with van der Waals surface area (Å²) in [4.78, 5) is 1.14. The van der Waals surface area contributed by atoms with Crippen LogP contribution in [-0.4, -0.2) is 6.26 Å². The van der Waals surface area contributed by atoms with E-state index in [4.69, 9.17) is 0 Å². The topological polar surface area (TPSA) is 0 Å². The van der Waals surface area contributed by atoms with Crippen molar-refractivity contribution >= 4 is 49.1 Å². The normalized spacial score (nSPS) is 11.0. The van der Waals surface area contributed by atoms with Gasteiger partial charge in [0, 0.05) is 15.7 Å². The van der Waals surface area contributed by atoms with Gasteiger partial charge in [-0.15, -0.1) is 23.1 Å². The lowest BCUT2D eigenvalue weighted by atomic mass is 10.2. The minimum absolute atomic E-state index is 0.150. The minimum Gasteiger partial charge on any atom is -0.204 e. The Morgan fingerprint density at radius 3 is 2.92 bits per heavy atom. The van der Waals surface area contributed by atoms with E-state index in [0.717, 1.165) is 15.0 Å². The zero-order valence-corrected chi connectivity index (χ0v) is 10.0. The van der Waals surface area contributed by atoms with E-state index in [-0.39, 0.29) is 5.82 Å². The Balaban J connectivity index is 2.81. The monoisotopic (exact) mass is 276 g/mol. The molecule has 0 spiro atoms. The summed E-state index contributed by atoms with van der Waals surface area (Å²) in [6.45, 7) is 0. The molecular formula is C9H6BrFS2. The summed E-state index contributed by atoms with van der Waals surface area (Å²) >= 11 is 6.27. The highest BCUT2D eigenvalue weighted by atomic mass is 79.9. The largest absolute Gasteiger partial charge is 0.204 e. The Morgan fingerprint density at radius 2 is 2.23 bits per heavy atom. The Kier molecular flexibility index (Phi) is 2.62. The van der Waals surface area contributed by atoms with Crippen molar-refractivity contribution in [3.05, 3.63) is 27.8 Å². The second kappa shape index (κ2) is 3.59. The highest BCUT2D eigenvalue weighted by Crippen LogP contribution is 2.36. The molecule has 0 radical (unpaired) electrons. The number of hydrogen-bond acceptors (Lipinski definition) is 2. The van der Waals surface area contributed by atoms with Crippen LogP contribution in [0.2, 0.25) is 0 Å². The van der Waals surface area contributed by atoms with Crippen LogP contribution in [0.3, 0.4) is 0 Å². The molecule has 0 bridgehead atoms. The van der Waals surface area contributed by atoms with E-state index in [9.17, 15) is 4.39 Å². The maximum Gasteiger partial charge on any atom is 0.155 e. The van der Waals surface area contributed by atoms with E-state index in [0.29, 0.717) is 4.47 Å². The molecule has 0 saturated heterocycles. The lowest BCUT2D eigenvalue weighted by Gasteiger charge is -1.96. The summed E-state index contributed by atoms with van der Waals surface area (Å²) in [6.07, 6.45) is 2.00. The van der Waals surface area contributed by atoms with Crippen molar-refractivity contribution in [2.45, 2.75) is 4.90 Å². The average Bonchev–Trinajstić information content (AvgIpc) is 2.55. The number of thioether (sulfide) groups is 1. The lowest BCUT2D eigenvalue weighted by Crippen LogP contribution is -1.76. The fourth-order valence-corrected chi connectivity index (χ4v) is 3.49. The van der Waals surface area contributed by atoms with Crippen molar-refractivity contribution in [1.82, 2.24) is 0 Å². The van der Waals surface area contributed by atoms with Crippen molar-refractivity contribution in [3.8, 4) is 0 Å². The van der Waals surface area contributed by atoms with Crippen LogP contribution in [-0.2, 0) is 0 Å². The summed E-state index contributed by atoms with van der Waals surface area (Å²) in [6, 6.07) is 3.70. The number of halogens is 2. The minimum atomic E-state index is -0.150. The Labute approximate surface area is 92.3 Å². The zero-order valence-electron chi connectivity index (χ0n) is 6.80. The van der Waals surface area contributed by atoms with Crippen molar-refractivity contribution in [1.29, 1.82) is 0 Å². The van der Waals surface area contributed by atoms with Crippen LogP contribution in [0.5, 0.6) is 0 Å². The summed E-state index contributed by atoms with van der Waals surface area (Å²) in [5.74, 6) is -0.150. The number of hydrogen-bond donors (Lipinski definition) is 0. The van der Waals surface area contributed by atoms with E-state index in [1.807, 2.05) is 17.7 Å². The third kappa shape index (κ3) is 1.51. The van der Waals surface area contributed by atoms with Crippen LogP contribution in [0, 0.1) is 5.82 Å². The molecule has 13 heavy (non-hydrogen) atoms. The van der Waals surface area contributed by atoms with Gasteiger partial charge in [0.05, 0.1) is 9.17 Å². The van der Waals surface area contributed by atoms with Crippen molar-refractivity contribution in [2.75, 3.05) is 6.26 Å². The molecule has 2 aromatic rings. The second-order valence-electron chi connectivity index (χ2n) is 2.54. The highest BCUT2D eigenvalue weighted by molar-refractivity contribution is 9.10. The van der Waals surface area contributed by atoms with Gasteiger partial charge in [0.15, 0.2) is 5.82 Å². The zero-order chi connectivity index (χ0) is 9.42. The molecule has 0 fully saturated rings. The van der Waals surface area contributed by atoms with E-state index in [1.165, 1.54) is 11.3 Å². The summed E-state index contributed by atoms with van der Waals surface area (Å²) in [7, 11) is 0. The Bertz CT molecular complexity index is 450. The lowest BCUT2D eigenvalue weighted by molar-refractivity contribution is 0.635. The maximum atomic E-state index is 13.5. The van der Waals surface area contributed by atoms with Crippen molar-refractivity contribution in [3.63, 3.8) is 0 Å². The smallest absolute Gasteiger partial charge is 0.155 e. The number of rotatable bonds is 1. The van der Waals surface area contributed by atoms with Gasteiger partial charge in [0.25, 0.3) is 0 Å². The molecular weight excluding hydrogens is 271 g/mol. The molecule has 0 atom stereocenters. The predicted octanol–water partition coefficient (Wildman–Crippen LogP) is 4.52. The van der Waals surface area contributed by atoms with Crippen LogP contribution in [0.25, 0.3) is 10.1 Å². The SMILES string of the molecule is CSc1csc2c(F)c(Br)ccc12. The molecule has 0 saturated carbocycles. The van der Waals surface area contributed by atoms with Crippen LogP contribution >= 0.6 is 39.0 Å². The molecule has 0 aliphatic heterocycles. The number of fused-ring (bicyclic) bond motifs is 1. The van der Waals surface area contributed by atoms with E-state index in [1.54, 1.807) is 17.8 Å². The number of thiophene rings is 1. The van der Waals surface area contributed by atoms with Crippen molar-refractivity contribution < 1.29 is 4.39 Å². The fraction of sp³-hybridized carbons (Fsp3) is 0.111. The molecule has 0 N–H and O–H groups in total. The first-order valence-electron chi connectivity index (χ1n) is 3.63. The first kappa shape index (κ1) is 9.49. The fourth-order valence-electron chi connectivity index (χ4n) is 1.18. The maximum absolute atomic E-state index is 13.5. The van der Waals surface area contributed by atoms with Crippen molar-refractivity contribution in [2.24, 2.45) is 0 Å². The van der Waals surface area contributed by atoms with Crippen LogP contribution in [0.1, 0.15) is 0 Å². The first-order valence-corrected chi connectivity index (χ1v) is 6.53. The predicted molar refractivity (Wildman–Crippen MR) is 61.3 cm³/mol. The summed E-state index contributed by atoms with van der Waals surface area (Å²) in [5.41, 5.74) is 0. The van der Waals surface area contributed by atoms with Gasteiger partial charge in [0.2, 0.25) is 0 Å². The Hall–Kier alpha value is -0.0600. The molecule has 0 amide bonds. The van der Waals surface area contributed by atoms with Gasteiger partial charge in [-0.25, -0.2) is 4.39 Å². The van der Waals surface area contributed by atoms with Gasteiger partial charge in [-0.05, 0) is 28.3 Å². The van der Waals surface area contributed by atoms with Gasteiger partial charge in [-0.1, -0.05) is 6.07 Å². The molecule has 2 rings (SSSR count). The van der Waals surface area contributed by atoms with Crippen LogP contribution < -0.4 is 0 Å². The van der Waals surface area contributed by atoms with Crippen LogP contribution in [0.15, 0.2) is 26.9 Å². The molecule has 0 aliphatic carbocycles. The van der Waals surface area contributed by atoms with Gasteiger partial charge in [-0.2, -0.15) is 0 Å². The van der Waals surface area contributed by atoms with Gasteiger partial charge < -0.3 is 0 Å². The second-order valence-corrected chi connectivity index (χ2v) is 5.12. The van der Waals surface area contributed by atoms with Gasteiger partial charge in [0.1, 0.15) is 0 Å². The number of benzene rings is 1.